The van der Waals surface area contributed by atoms with Crippen LogP contribution in [0.25, 0.3) is 27.7 Å². The minimum absolute atomic E-state index is 0.0323. The molecule has 0 aliphatic heterocycles. The molecule has 4 aromatic heterocycles. The highest BCUT2D eigenvalue weighted by atomic mass is 19.1. The lowest BCUT2D eigenvalue weighted by Gasteiger charge is -2.20. The molecule has 0 atom stereocenters. The molecule has 1 aromatic carbocycles. The van der Waals surface area contributed by atoms with Gasteiger partial charge in [-0.2, -0.15) is 14.9 Å². The highest BCUT2D eigenvalue weighted by Gasteiger charge is 2.21. The molecular formula is C29H30FN7O2. The van der Waals surface area contributed by atoms with Crippen LogP contribution in [-0.4, -0.2) is 29.5 Å². The van der Waals surface area contributed by atoms with Gasteiger partial charge in [0.2, 0.25) is 0 Å². The predicted molar refractivity (Wildman–Crippen MR) is 150 cm³/mol. The van der Waals surface area contributed by atoms with Crippen molar-refractivity contribution < 1.29 is 4.39 Å². The Morgan fingerprint density at radius 3 is 2.54 bits per heavy atom. The monoisotopic (exact) mass is 527 g/mol. The molecule has 0 spiro atoms. The number of nitrogens with one attached hydrogen (secondary N) is 2. The maximum Gasteiger partial charge on any atom is 0.283 e. The van der Waals surface area contributed by atoms with Crippen molar-refractivity contribution in [1.29, 1.82) is 0 Å². The Labute approximate surface area is 224 Å². The second-order valence-electron chi connectivity index (χ2n) is 10.7. The number of rotatable bonds is 5. The summed E-state index contributed by atoms with van der Waals surface area (Å²) in [6.45, 7) is 9.78. The number of hydrogen-bond acceptors (Lipinski definition) is 6. The van der Waals surface area contributed by atoms with Gasteiger partial charge < -0.3 is 9.88 Å². The summed E-state index contributed by atoms with van der Waals surface area (Å²) in [6.07, 6.45) is 5.32. The van der Waals surface area contributed by atoms with Crippen LogP contribution in [0.15, 0.2) is 58.5 Å². The third kappa shape index (κ3) is 4.73. The van der Waals surface area contributed by atoms with Crippen molar-refractivity contribution >= 4 is 22.3 Å². The summed E-state index contributed by atoms with van der Waals surface area (Å²) in [7, 11) is 1.67. The van der Waals surface area contributed by atoms with E-state index < -0.39 is 11.4 Å². The zero-order valence-corrected chi connectivity index (χ0v) is 22.8. The summed E-state index contributed by atoms with van der Waals surface area (Å²) >= 11 is 0. The van der Waals surface area contributed by atoms with Gasteiger partial charge in [0.15, 0.2) is 11.6 Å². The molecule has 0 aliphatic rings. The highest BCUT2D eigenvalue weighted by molar-refractivity contribution is 5.83. The van der Waals surface area contributed by atoms with Gasteiger partial charge in [0.25, 0.3) is 11.1 Å². The lowest BCUT2D eigenvalue weighted by Crippen LogP contribution is -2.25. The Hall–Kier alpha value is -4.60. The van der Waals surface area contributed by atoms with Crippen molar-refractivity contribution in [3.63, 3.8) is 0 Å². The first-order valence-corrected chi connectivity index (χ1v) is 12.7. The van der Waals surface area contributed by atoms with E-state index in [4.69, 9.17) is 0 Å². The van der Waals surface area contributed by atoms with Gasteiger partial charge in [0, 0.05) is 47.7 Å². The predicted octanol–water partition coefficient (Wildman–Crippen LogP) is 4.92. The summed E-state index contributed by atoms with van der Waals surface area (Å²) in [6, 6.07) is 8.59. The minimum atomic E-state index is -0.588. The van der Waals surface area contributed by atoms with E-state index in [1.165, 1.54) is 16.8 Å². The Balaban J connectivity index is 1.66. The van der Waals surface area contributed by atoms with Crippen molar-refractivity contribution in [3.05, 3.63) is 92.3 Å². The summed E-state index contributed by atoms with van der Waals surface area (Å²) in [5, 5.41) is 14.9. The van der Waals surface area contributed by atoms with Crippen LogP contribution in [0.1, 0.15) is 44.5 Å². The van der Waals surface area contributed by atoms with Crippen molar-refractivity contribution in [3.8, 4) is 16.9 Å². The topological polar surface area (TPSA) is 110 Å². The molecule has 4 heterocycles. The molecule has 0 saturated heterocycles. The number of H-pyrrole nitrogens is 1. The van der Waals surface area contributed by atoms with Crippen LogP contribution in [0.2, 0.25) is 0 Å². The molecule has 0 aliphatic carbocycles. The van der Waals surface area contributed by atoms with Gasteiger partial charge in [-0.3, -0.25) is 14.7 Å². The Bertz CT molecular complexity index is 1840. The number of nitrogens with zero attached hydrogens (tertiary/aromatic N) is 5. The third-order valence-electron chi connectivity index (χ3n) is 6.76. The number of pyridine rings is 2. The molecule has 2 N–H and O–H groups in total. The fourth-order valence-electron chi connectivity index (χ4n) is 4.67. The maximum atomic E-state index is 15.3. The zero-order valence-electron chi connectivity index (χ0n) is 22.8. The summed E-state index contributed by atoms with van der Waals surface area (Å²) in [5.74, 6) is 0.249. The zero-order chi connectivity index (χ0) is 28.1. The largest absolute Gasteiger partial charge is 0.334 e. The number of hydrogen-bond donors (Lipinski definition) is 2. The molecule has 9 nitrogen and oxygen atoms in total. The smallest absolute Gasteiger partial charge is 0.283 e. The highest BCUT2D eigenvalue weighted by Crippen LogP contribution is 2.30. The van der Waals surface area contributed by atoms with Crippen molar-refractivity contribution in [2.75, 3.05) is 5.32 Å². The number of benzene rings is 1. The SMILES string of the molecule is CCc1c(-c2cc(Nc3cc(C)[nH]n3)c(=O)n(C)c2)ccnc1-n1ncc2cc(C(C)(C)C)cc(F)c2c1=O. The molecule has 0 radical (unpaired) electrons. The number of halogens is 1. The lowest BCUT2D eigenvalue weighted by molar-refractivity contribution is 0.576. The molecule has 200 valence electrons. The number of aromatic nitrogens is 6. The molecule has 5 aromatic rings. The number of anilines is 2. The van der Waals surface area contributed by atoms with Gasteiger partial charge in [-0.15, -0.1) is 0 Å². The fourth-order valence-corrected chi connectivity index (χ4v) is 4.67. The van der Waals surface area contributed by atoms with E-state index in [0.717, 1.165) is 32.6 Å². The molecular weight excluding hydrogens is 497 g/mol. The van der Waals surface area contributed by atoms with E-state index in [2.05, 4.69) is 25.6 Å². The Morgan fingerprint density at radius 2 is 1.87 bits per heavy atom. The van der Waals surface area contributed by atoms with Gasteiger partial charge in [-0.05, 0) is 54.2 Å². The van der Waals surface area contributed by atoms with Crippen LogP contribution in [0.3, 0.4) is 0 Å². The van der Waals surface area contributed by atoms with Crippen molar-refractivity contribution in [2.45, 2.75) is 46.5 Å². The van der Waals surface area contributed by atoms with E-state index in [0.29, 0.717) is 29.1 Å². The van der Waals surface area contributed by atoms with Gasteiger partial charge in [-0.25, -0.2) is 9.37 Å². The average molecular weight is 528 g/mol. The Morgan fingerprint density at radius 1 is 1.10 bits per heavy atom. The minimum Gasteiger partial charge on any atom is -0.334 e. The third-order valence-corrected chi connectivity index (χ3v) is 6.76. The summed E-state index contributed by atoms with van der Waals surface area (Å²) in [5.41, 5.74) is 3.15. The molecule has 0 fully saturated rings. The van der Waals surface area contributed by atoms with E-state index >= 15 is 4.39 Å². The normalized spacial score (nSPS) is 11.8. The van der Waals surface area contributed by atoms with Crippen LogP contribution in [0.4, 0.5) is 15.9 Å². The van der Waals surface area contributed by atoms with Crippen LogP contribution in [0, 0.1) is 12.7 Å². The average Bonchev–Trinajstić information content (AvgIpc) is 3.30. The molecule has 0 bridgehead atoms. The van der Waals surface area contributed by atoms with Crippen LogP contribution in [0.5, 0.6) is 0 Å². The molecule has 0 unspecified atom stereocenters. The first kappa shape index (κ1) is 26.0. The molecule has 10 heteroatoms. The number of aromatic amines is 1. The lowest BCUT2D eigenvalue weighted by atomic mass is 9.86. The van der Waals surface area contributed by atoms with Gasteiger partial charge >= 0.3 is 0 Å². The molecule has 0 amide bonds. The van der Waals surface area contributed by atoms with Gasteiger partial charge in [0.05, 0.1) is 11.6 Å². The molecule has 39 heavy (non-hydrogen) atoms. The Kier molecular flexibility index (Phi) is 6.41. The number of fused-ring (bicyclic) bond motifs is 1. The van der Waals surface area contributed by atoms with Crippen molar-refractivity contribution in [2.24, 2.45) is 7.05 Å². The first-order valence-electron chi connectivity index (χ1n) is 12.7. The quantitative estimate of drug-likeness (QED) is 0.336. The van der Waals surface area contributed by atoms with E-state index in [1.807, 2.05) is 46.8 Å². The van der Waals surface area contributed by atoms with Crippen LogP contribution < -0.4 is 16.4 Å². The summed E-state index contributed by atoms with van der Waals surface area (Å²) in [4.78, 5) is 30.9. The fraction of sp³-hybridized carbons (Fsp3) is 0.276. The van der Waals surface area contributed by atoms with E-state index in [1.54, 1.807) is 31.6 Å². The van der Waals surface area contributed by atoms with Crippen LogP contribution >= 0.6 is 0 Å². The standard InChI is InChI=1S/C29H30FN7O2/c1-7-20-21(18-12-23(27(38)36(6)15-18)33-24-10-16(2)34-35-24)8-9-31-26(20)37-28(39)25-17(14-32-37)11-19(13-22(25)30)29(3,4)5/h8-15H,7H2,1-6H3,(H2,33,34,35). The van der Waals surface area contributed by atoms with Gasteiger partial charge in [0.1, 0.15) is 11.5 Å². The molecule has 0 saturated carbocycles. The first-order chi connectivity index (χ1) is 18.5. The maximum absolute atomic E-state index is 15.3. The van der Waals surface area contributed by atoms with E-state index in [9.17, 15) is 9.59 Å². The van der Waals surface area contributed by atoms with E-state index in [-0.39, 0.29) is 16.4 Å². The summed E-state index contributed by atoms with van der Waals surface area (Å²) < 4.78 is 17.9. The second-order valence-corrected chi connectivity index (χ2v) is 10.7. The van der Waals surface area contributed by atoms with Crippen molar-refractivity contribution in [1.82, 2.24) is 29.5 Å². The second kappa shape index (κ2) is 9.61. The van der Waals surface area contributed by atoms with Crippen LogP contribution in [-0.2, 0) is 18.9 Å². The van der Waals surface area contributed by atoms with Gasteiger partial charge in [-0.1, -0.05) is 27.7 Å². The number of aryl methyl sites for hydroxylation is 2. The molecule has 5 rings (SSSR count).